The van der Waals surface area contributed by atoms with Gasteiger partial charge in [-0.1, -0.05) is 13.3 Å². The molecule has 4 amide bonds. The molecule has 4 aliphatic rings. The highest BCUT2D eigenvalue weighted by atomic mass is 19.4. The van der Waals surface area contributed by atoms with Crippen LogP contribution in [0, 0.1) is 11.8 Å². The fourth-order valence-electron chi connectivity index (χ4n) is 7.05. The number of nitrogens with zero attached hydrogens (tertiary/aromatic N) is 2. The van der Waals surface area contributed by atoms with Gasteiger partial charge < -0.3 is 0 Å². The van der Waals surface area contributed by atoms with Crippen LogP contribution in [0.25, 0.3) is 10.8 Å². The first-order chi connectivity index (χ1) is 18.1. The van der Waals surface area contributed by atoms with Gasteiger partial charge in [0.25, 0.3) is 23.6 Å². The summed E-state index contributed by atoms with van der Waals surface area (Å²) in [5.41, 5.74) is 1.02. The quantitative estimate of drug-likeness (QED) is 0.452. The van der Waals surface area contributed by atoms with Crippen LogP contribution in [0.1, 0.15) is 106 Å². The predicted octanol–water partition coefficient (Wildman–Crippen LogP) is 6.12. The summed E-state index contributed by atoms with van der Waals surface area (Å²) >= 11 is 0. The van der Waals surface area contributed by atoms with E-state index < -0.39 is 41.8 Å². The molecule has 2 heterocycles. The molecule has 0 aromatic heterocycles. The molecule has 0 saturated heterocycles. The lowest BCUT2D eigenvalue weighted by Crippen LogP contribution is -2.50. The van der Waals surface area contributed by atoms with Gasteiger partial charge in [-0.25, -0.2) is 0 Å². The second-order valence-corrected chi connectivity index (χ2v) is 11.2. The highest BCUT2D eigenvalue weighted by molar-refractivity contribution is 6.33. The molecule has 9 heteroatoms. The fraction of sp³-hybridized carbons (Fsp3) is 0.517. The number of hydrogen-bond donors (Lipinski definition) is 0. The Morgan fingerprint density at radius 2 is 0.974 bits per heavy atom. The van der Waals surface area contributed by atoms with E-state index in [0.717, 1.165) is 37.0 Å². The van der Waals surface area contributed by atoms with Crippen molar-refractivity contribution in [3.05, 3.63) is 46.5 Å². The van der Waals surface area contributed by atoms with Crippen LogP contribution in [0.4, 0.5) is 13.2 Å². The monoisotopic (exact) mass is 526 g/mol. The van der Waals surface area contributed by atoms with Crippen molar-refractivity contribution in [3.63, 3.8) is 0 Å². The number of benzene rings is 2. The average Bonchev–Trinajstić information content (AvgIpc) is 2.91. The summed E-state index contributed by atoms with van der Waals surface area (Å²) in [5, 5.41) is 0.627. The Bertz CT molecular complexity index is 1300. The van der Waals surface area contributed by atoms with Gasteiger partial charge in [0.1, 0.15) is 0 Å². The molecule has 38 heavy (non-hydrogen) atoms. The van der Waals surface area contributed by atoms with E-state index in [1.54, 1.807) is 12.1 Å². The maximum atomic E-state index is 13.6. The van der Waals surface area contributed by atoms with Gasteiger partial charge in [-0.15, -0.1) is 0 Å². The van der Waals surface area contributed by atoms with Gasteiger partial charge >= 0.3 is 6.18 Å². The summed E-state index contributed by atoms with van der Waals surface area (Å²) in [5.74, 6) is -2.80. The summed E-state index contributed by atoms with van der Waals surface area (Å²) in [7, 11) is 0. The molecule has 0 atom stereocenters. The van der Waals surface area contributed by atoms with Gasteiger partial charge in [-0.3, -0.25) is 29.0 Å². The topological polar surface area (TPSA) is 74.8 Å². The number of hydrogen-bond acceptors (Lipinski definition) is 4. The minimum Gasteiger partial charge on any atom is -0.271 e. The van der Waals surface area contributed by atoms with Crippen LogP contribution in [0.5, 0.6) is 0 Å². The Kier molecular flexibility index (Phi) is 5.88. The molecular formula is C29H29F3N2O4. The maximum Gasteiger partial charge on any atom is 0.391 e. The third-order valence-corrected chi connectivity index (χ3v) is 9.24. The number of imide groups is 2. The molecular weight excluding hydrogens is 497 g/mol. The molecule has 2 aromatic rings. The summed E-state index contributed by atoms with van der Waals surface area (Å²) < 4.78 is 39.5. The normalized spacial score (nSPS) is 27.9. The minimum absolute atomic E-state index is 0.0858. The maximum absolute atomic E-state index is 13.6. The molecule has 2 fully saturated rings. The van der Waals surface area contributed by atoms with Gasteiger partial charge in [-0.05, 0) is 81.5 Å². The smallest absolute Gasteiger partial charge is 0.271 e. The van der Waals surface area contributed by atoms with Gasteiger partial charge in [0.15, 0.2) is 0 Å². The summed E-state index contributed by atoms with van der Waals surface area (Å²) in [6.07, 6.45) is 0.122. The molecule has 0 unspecified atom stereocenters. The minimum atomic E-state index is -4.29. The standard InChI is InChI=1S/C29H29F3N2O4/c1-2-15-3-7-17(8-4-15)33-25(35)19-11-13-21-24-22(14-12-20(23(19)24)26(33)36)28(38)34(27(21)37)18-9-5-16(6-10-18)29(30,31)32/h11-18H,2-10H2,1H3. The van der Waals surface area contributed by atoms with E-state index in [4.69, 9.17) is 0 Å². The fourth-order valence-corrected chi connectivity index (χ4v) is 7.05. The zero-order valence-electron chi connectivity index (χ0n) is 21.1. The van der Waals surface area contributed by atoms with E-state index in [-0.39, 0.29) is 42.9 Å². The van der Waals surface area contributed by atoms with Crippen molar-refractivity contribution in [2.75, 3.05) is 0 Å². The van der Waals surface area contributed by atoms with Gasteiger partial charge in [0.2, 0.25) is 0 Å². The van der Waals surface area contributed by atoms with E-state index in [0.29, 0.717) is 27.8 Å². The number of halogens is 3. The molecule has 200 valence electrons. The molecule has 2 aliphatic heterocycles. The van der Waals surface area contributed by atoms with Crippen molar-refractivity contribution in [2.24, 2.45) is 11.8 Å². The van der Waals surface area contributed by atoms with Crippen molar-refractivity contribution < 1.29 is 32.3 Å². The number of carbonyl (C=O) groups is 4. The Labute approximate surface area is 218 Å². The first-order valence-electron chi connectivity index (χ1n) is 13.5. The lowest BCUT2D eigenvalue weighted by atomic mass is 9.80. The molecule has 0 radical (unpaired) electrons. The van der Waals surface area contributed by atoms with Crippen LogP contribution >= 0.6 is 0 Å². The number of carbonyl (C=O) groups excluding carboxylic acids is 4. The average molecular weight is 527 g/mol. The van der Waals surface area contributed by atoms with Crippen molar-refractivity contribution in [1.29, 1.82) is 0 Å². The van der Waals surface area contributed by atoms with Crippen LogP contribution in [0.15, 0.2) is 24.3 Å². The van der Waals surface area contributed by atoms with Gasteiger partial charge in [-0.2, -0.15) is 13.2 Å². The Morgan fingerprint density at radius 1 is 0.632 bits per heavy atom. The third-order valence-electron chi connectivity index (χ3n) is 9.24. The molecule has 2 aliphatic carbocycles. The van der Waals surface area contributed by atoms with Crippen LogP contribution in [0.2, 0.25) is 0 Å². The molecule has 0 bridgehead atoms. The molecule has 6 rings (SSSR count). The number of alkyl halides is 3. The lowest BCUT2D eigenvalue weighted by Gasteiger charge is -2.40. The summed E-state index contributed by atoms with van der Waals surface area (Å²) in [4.78, 5) is 56.8. The van der Waals surface area contributed by atoms with E-state index >= 15 is 0 Å². The van der Waals surface area contributed by atoms with Crippen molar-refractivity contribution >= 4 is 34.4 Å². The van der Waals surface area contributed by atoms with Gasteiger partial charge in [0.05, 0.1) is 5.92 Å². The van der Waals surface area contributed by atoms with Crippen LogP contribution in [-0.2, 0) is 0 Å². The zero-order chi connectivity index (χ0) is 26.9. The molecule has 6 nitrogen and oxygen atoms in total. The van der Waals surface area contributed by atoms with E-state index in [9.17, 15) is 32.3 Å². The Morgan fingerprint density at radius 3 is 1.29 bits per heavy atom. The van der Waals surface area contributed by atoms with E-state index in [1.165, 1.54) is 17.0 Å². The molecule has 2 saturated carbocycles. The summed E-state index contributed by atoms with van der Waals surface area (Å²) in [6.45, 7) is 2.15. The number of amides is 4. The first kappa shape index (κ1) is 25.1. The lowest BCUT2D eigenvalue weighted by molar-refractivity contribution is -0.183. The predicted molar refractivity (Wildman–Crippen MR) is 133 cm³/mol. The highest BCUT2D eigenvalue weighted by Gasteiger charge is 2.47. The van der Waals surface area contributed by atoms with Crippen molar-refractivity contribution in [2.45, 2.75) is 83.0 Å². The van der Waals surface area contributed by atoms with Crippen LogP contribution in [0.3, 0.4) is 0 Å². The summed E-state index contributed by atoms with van der Waals surface area (Å²) in [6, 6.07) is 5.34. The number of rotatable bonds is 3. The largest absolute Gasteiger partial charge is 0.391 e. The molecule has 0 spiro atoms. The molecule has 0 N–H and O–H groups in total. The van der Waals surface area contributed by atoms with Gasteiger partial charge in [0, 0.05) is 45.1 Å². The Hall–Kier alpha value is -3.23. The first-order valence-corrected chi connectivity index (χ1v) is 13.5. The highest BCUT2D eigenvalue weighted by Crippen LogP contribution is 2.43. The van der Waals surface area contributed by atoms with Crippen molar-refractivity contribution in [3.8, 4) is 0 Å². The van der Waals surface area contributed by atoms with E-state index in [1.807, 2.05) is 0 Å². The molecule has 2 aromatic carbocycles. The zero-order valence-corrected chi connectivity index (χ0v) is 21.1. The van der Waals surface area contributed by atoms with E-state index in [2.05, 4.69) is 6.92 Å². The van der Waals surface area contributed by atoms with Crippen LogP contribution < -0.4 is 0 Å². The third kappa shape index (κ3) is 3.68. The van der Waals surface area contributed by atoms with Crippen molar-refractivity contribution in [1.82, 2.24) is 9.80 Å². The Balaban J connectivity index is 1.35. The second-order valence-electron chi connectivity index (χ2n) is 11.2. The SMILES string of the molecule is CCC1CCC(N2C(=O)c3ccc4c5c(ccc(c35)C2=O)C(=O)N(C2CCC(C(F)(F)F)CC2)C4=O)CC1. The van der Waals surface area contributed by atoms with Crippen LogP contribution in [-0.4, -0.2) is 51.7 Å². The second kappa shape index (κ2) is 8.92.